The maximum absolute atomic E-state index is 12.2. The smallest absolute Gasteiger partial charge is 0.275 e. The first-order valence-electron chi connectivity index (χ1n) is 7.03. The Bertz CT molecular complexity index is 713. The molecule has 3 rings (SSSR count). The van der Waals surface area contributed by atoms with E-state index in [0.717, 1.165) is 11.1 Å². The summed E-state index contributed by atoms with van der Waals surface area (Å²) in [5, 5.41) is 5.42. The van der Waals surface area contributed by atoms with E-state index in [1.807, 2.05) is 49.4 Å². The topological polar surface area (TPSA) is 67.4 Å². The number of fused-ring (bicyclic) bond motifs is 1. The van der Waals surface area contributed by atoms with Crippen molar-refractivity contribution >= 4 is 17.5 Å². The zero-order chi connectivity index (χ0) is 15.5. The molecule has 0 saturated carbocycles. The first-order valence-corrected chi connectivity index (χ1v) is 7.03. The molecule has 0 spiro atoms. The van der Waals surface area contributed by atoms with Gasteiger partial charge in [0.15, 0.2) is 0 Å². The van der Waals surface area contributed by atoms with Gasteiger partial charge in [-0.25, -0.2) is 0 Å². The Morgan fingerprint density at radius 3 is 2.77 bits per heavy atom. The first-order chi connectivity index (χ1) is 10.6. The molecule has 1 atom stereocenters. The summed E-state index contributed by atoms with van der Waals surface area (Å²) in [6.45, 7) is 2.28. The molecule has 112 valence electrons. The van der Waals surface area contributed by atoms with E-state index < -0.39 is 17.9 Å². The predicted octanol–water partition coefficient (Wildman–Crippen LogP) is 2.01. The highest BCUT2D eigenvalue weighted by Gasteiger charge is 2.33. The standard InChI is InChI=1S/C17H16N2O3/c1-11-7-8-14-13(9-11)19-17(21)15(22-14)16(20)18-10-12-5-3-2-4-6-12/h2-9,15H,10H2,1H3,(H,18,20)(H,19,21). The Morgan fingerprint density at radius 2 is 2.00 bits per heavy atom. The Labute approximate surface area is 128 Å². The lowest BCUT2D eigenvalue weighted by Crippen LogP contribution is -2.48. The lowest BCUT2D eigenvalue weighted by molar-refractivity contribution is -0.137. The summed E-state index contributed by atoms with van der Waals surface area (Å²) in [6, 6.07) is 14.9. The fourth-order valence-electron chi connectivity index (χ4n) is 2.27. The molecule has 0 fully saturated rings. The van der Waals surface area contributed by atoms with Gasteiger partial charge >= 0.3 is 0 Å². The molecule has 2 amide bonds. The first kappa shape index (κ1) is 14.1. The fraction of sp³-hybridized carbons (Fsp3) is 0.176. The Morgan fingerprint density at radius 1 is 1.23 bits per heavy atom. The monoisotopic (exact) mass is 296 g/mol. The van der Waals surface area contributed by atoms with Gasteiger partial charge in [-0.15, -0.1) is 0 Å². The molecule has 2 aromatic carbocycles. The van der Waals surface area contributed by atoms with E-state index in [4.69, 9.17) is 4.74 Å². The van der Waals surface area contributed by atoms with Crippen LogP contribution in [0.4, 0.5) is 5.69 Å². The Kier molecular flexibility index (Phi) is 3.78. The second kappa shape index (κ2) is 5.89. The van der Waals surface area contributed by atoms with Crippen molar-refractivity contribution < 1.29 is 14.3 Å². The highest BCUT2D eigenvalue weighted by molar-refractivity contribution is 6.11. The minimum Gasteiger partial charge on any atom is -0.468 e. The van der Waals surface area contributed by atoms with Crippen molar-refractivity contribution in [1.29, 1.82) is 0 Å². The number of ether oxygens (including phenoxy) is 1. The zero-order valence-corrected chi connectivity index (χ0v) is 12.1. The number of aryl methyl sites for hydroxylation is 1. The van der Waals surface area contributed by atoms with Gasteiger partial charge in [-0.05, 0) is 30.2 Å². The molecule has 22 heavy (non-hydrogen) atoms. The Balaban J connectivity index is 1.68. The molecule has 5 nitrogen and oxygen atoms in total. The summed E-state index contributed by atoms with van der Waals surface area (Å²) in [5.74, 6) is -0.402. The van der Waals surface area contributed by atoms with E-state index in [0.29, 0.717) is 18.0 Å². The van der Waals surface area contributed by atoms with Crippen molar-refractivity contribution in [2.24, 2.45) is 0 Å². The molecule has 0 aromatic heterocycles. The van der Waals surface area contributed by atoms with E-state index in [2.05, 4.69) is 10.6 Å². The van der Waals surface area contributed by atoms with Crippen LogP contribution in [0.2, 0.25) is 0 Å². The van der Waals surface area contributed by atoms with E-state index in [-0.39, 0.29) is 0 Å². The zero-order valence-electron chi connectivity index (χ0n) is 12.1. The van der Waals surface area contributed by atoms with Gasteiger partial charge in [-0.1, -0.05) is 36.4 Å². The number of amides is 2. The lowest BCUT2D eigenvalue weighted by atomic mass is 10.1. The third-order valence-electron chi connectivity index (χ3n) is 3.42. The van der Waals surface area contributed by atoms with Gasteiger partial charge in [0.1, 0.15) is 5.75 Å². The molecular formula is C17H16N2O3. The molecule has 0 radical (unpaired) electrons. The SMILES string of the molecule is Cc1ccc2c(c1)NC(=O)C(C(=O)NCc1ccccc1)O2. The van der Waals surface area contributed by atoms with Gasteiger partial charge in [0.25, 0.3) is 17.9 Å². The fourth-order valence-corrected chi connectivity index (χ4v) is 2.27. The molecule has 0 saturated heterocycles. The number of benzene rings is 2. The Hall–Kier alpha value is -2.82. The third-order valence-corrected chi connectivity index (χ3v) is 3.42. The molecule has 5 heteroatoms. The molecule has 0 aliphatic carbocycles. The van der Waals surface area contributed by atoms with Gasteiger partial charge < -0.3 is 15.4 Å². The van der Waals surface area contributed by atoms with E-state index in [9.17, 15) is 9.59 Å². The molecule has 1 unspecified atom stereocenters. The van der Waals surface area contributed by atoms with Crippen LogP contribution in [0.3, 0.4) is 0 Å². The van der Waals surface area contributed by atoms with Crippen LogP contribution < -0.4 is 15.4 Å². The molecule has 0 bridgehead atoms. The van der Waals surface area contributed by atoms with Crippen LogP contribution in [0.15, 0.2) is 48.5 Å². The maximum atomic E-state index is 12.2. The van der Waals surface area contributed by atoms with Crippen LogP contribution in [0.5, 0.6) is 5.75 Å². The van der Waals surface area contributed by atoms with Crippen molar-refractivity contribution in [3.05, 3.63) is 59.7 Å². The molecule has 2 N–H and O–H groups in total. The second-order valence-corrected chi connectivity index (χ2v) is 5.19. The highest BCUT2D eigenvalue weighted by Crippen LogP contribution is 2.30. The number of hydrogen-bond donors (Lipinski definition) is 2. The minimum absolute atomic E-state index is 0.355. The highest BCUT2D eigenvalue weighted by atomic mass is 16.5. The van der Waals surface area contributed by atoms with Crippen LogP contribution in [0, 0.1) is 6.92 Å². The van der Waals surface area contributed by atoms with E-state index >= 15 is 0 Å². The summed E-state index contributed by atoms with van der Waals surface area (Å²) in [7, 11) is 0. The van der Waals surface area contributed by atoms with Crippen LogP contribution >= 0.6 is 0 Å². The molecule has 2 aromatic rings. The average Bonchev–Trinajstić information content (AvgIpc) is 2.53. The predicted molar refractivity (Wildman–Crippen MR) is 82.5 cm³/mol. The van der Waals surface area contributed by atoms with Crippen molar-refractivity contribution in [1.82, 2.24) is 5.32 Å². The summed E-state index contributed by atoms with van der Waals surface area (Å²) in [4.78, 5) is 24.2. The quantitative estimate of drug-likeness (QED) is 0.851. The molecule has 1 heterocycles. The van der Waals surface area contributed by atoms with Crippen molar-refractivity contribution in [2.75, 3.05) is 5.32 Å². The molecular weight excluding hydrogens is 280 g/mol. The van der Waals surface area contributed by atoms with E-state index in [1.165, 1.54) is 0 Å². The number of carbonyl (C=O) groups is 2. The van der Waals surface area contributed by atoms with Gasteiger partial charge in [0, 0.05) is 6.54 Å². The number of anilines is 1. The number of hydrogen-bond acceptors (Lipinski definition) is 3. The molecule has 1 aliphatic rings. The summed E-state index contributed by atoms with van der Waals surface area (Å²) < 4.78 is 5.53. The van der Waals surface area contributed by atoms with Gasteiger partial charge in [0.2, 0.25) is 0 Å². The van der Waals surface area contributed by atoms with E-state index in [1.54, 1.807) is 6.07 Å². The van der Waals surface area contributed by atoms with Crippen LogP contribution in [0.1, 0.15) is 11.1 Å². The van der Waals surface area contributed by atoms with Gasteiger partial charge in [0.05, 0.1) is 5.69 Å². The minimum atomic E-state index is -1.17. The third kappa shape index (κ3) is 2.93. The summed E-state index contributed by atoms with van der Waals surface area (Å²) >= 11 is 0. The number of nitrogens with one attached hydrogen (secondary N) is 2. The number of carbonyl (C=O) groups excluding carboxylic acids is 2. The largest absolute Gasteiger partial charge is 0.468 e. The van der Waals surface area contributed by atoms with Crippen molar-refractivity contribution in [2.45, 2.75) is 19.6 Å². The number of rotatable bonds is 3. The normalized spacial score (nSPS) is 16.2. The lowest BCUT2D eigenvalue weighted by Gasteiger charge is -2.25. The second-order valence-electron chi connectivity index (χ2n) is 5.19. The van der Waals surface area contributed by atoms with Crippen molar-refractivity contribution in [3.8, 4) is 5.75 Å². The maximum Gasteiger partial charge on any atom is 0.275 e. The summed E-state index contributed by atoms with van der Waals surface area (Å²) in [6.07, 6.45) is -1.17. The van der Waals surface area contributed by atoms with Crippen LogP contribution in [-0.4, -0.2) is 17.9 Å². The average molecular weight is 296 g/mol. The van der Waals surface area contributed by atoms with Crippen LogP contribution in [-0.2, 0) is 16.1 Å². The van der Waals surface area contributed by atoms with Crippen molar-refractivity contribution in [3.63, 3.8) is 0 Å². The summed E-state index contributed by atoms with van der Waals surface area (Å²) in [5.41, 5.74) is 2.56. The van der Waals surface area contributed by atoms with Crippen LogP contribution in [0.25, 0.3) is 0 Å². The van der Waals surface area contributed by atoms with Gasteiger partial charge in [-0.3, -0.25) is 9.59 Å². The molecule has 1 aliphatic heterocycles. The van der Waals surface area contributed by atoms with Gasteiger partial charge in [-0.2, -0.15) is 0 Å².